The molecule has 0 bridgehead atoms. The summed E-state index contributed by atoms with van der Waals surface area (Å²) in [5, 5.41) is 5.70. The van der Waals surface area contributed by atoms with Crippen LogP contribution < -0.4 is 15.4 Å². The van der Waals surface area contributed by atoms with Crippen LogP contribution in [-0.4, -0.2) is 67.0 Å². The second-order valence-electron chi connectivity index (χ2n) is 6.72. The molecule has 2 aliphatic rings. The van der Waals surface area contributed by atoms with E-state index < -0.39 is 6.10 Å². The molecule has 1 saturated heterocycles. The number of rotatable bonds is 6. The smallest absolute Gasteiger partial charge is 0.265 e. The van der Waals surface area contributed by atoms with E-state index in [1.54, 1.807) is 13.0 Å². The second-order valence-corrected chi connectivity index (χ2v) is 6.72. The zero-order valence-corrected chi connectivity index (χ0v) is 15.2. The van der Waals surface area contributed by atoms with Crippen molar-refractivity contribution >= 4 is 17.5 Å². The first-order valence-electron chi connectivity index (χ1n) is 8.98. The predicted molar refractivity (Wildman–Crippen MR) is 100 cm³/mol. The Labute approximate surface area is 154 Å². The molecule has 0 aromatic heterocycles. The molecular formula is C19H26N4O3. The van der Waals surface area contributed by atoms with Gasteiger partial charge < -0.3 is 15.4 Å². The van der Waals surface area contributed by atoms with E-state index in [1.807, 2.05) is 18.2 Å². The maximum absolute atomic E-state index is 11.8. The molecule has 1 aromatic carbocycles. The Morgan fingerprint density at radius 1 is 1.35 bits per heavy atom. The number of anilines is 1. The van der Waals surface area contributed by atoms with Gasteiger partial charge in [-0.3, -0.25) is 19.4 Å². The summed E-state index contributed by atoms with van der Waals surface area (Å²) in [6.07, 6.45) is 1.23. The van der Waals surface area contributed by atoms with E-state index in [0.29, 0.717) is 13.1 Å². The maximum atomic E-state index is 11.8. The van der Waals surface area contributed by atoms with Crippen LogP contribution in [0.2, 0.25) is 0 Å². The van der Waals surface area contributed by atoms with E-state index >= 15 is 0 Å². The molecule has 1 atom stereocenters. The van der Waals surface area contributed by atoms with E-state index in [9.17, 15) is 9.59 Å². The summed E-state index contributed by atoms with van der Waals surface area (Å²) in [4.78, 5) is 28.0. The van der Waals surface area contributed by atoms with Crippen LogP contribution >= 0.6 is 0 Å². The summed E-state index contributed by atoms with van der Waals surface area (Å²) in [5.74, 6) is 0.646. The van der Waals surface area contributed by atoms with Crippen molar-refractivity contribution in [1.82, 2.24) is 15.1 Å². The minimum atomic E-state index is -0.454. The van der Waals surface area contributed by atoms with Gasteiger partial charge in [0.1, 0.15) is 5.75 Å². The molecule has 140 valence electrons. The highest BCUT2D eigenvalue weighted by atomic mass is 16.5. The minimum Gasteiger partial charge on any atom is -0.479 e. The van der Waals surface area contributed by atoms with Crippen LogP contribution in [-0.2, 0) is 16.1 Å². The first-order valence-corrected chi connectivity index (χ1v) is 8.98. The number of ether oxygens (including phenoxy) is 1. The average molecular weight is 358 g/mol. The van der Waals surface area contributed by atoms with Crippen LogP contribution in [0.15, 0.2) is 30.9 Å². The molecule has 1 unspecified atom stereocenters. The molecule has 2 heterocycles. The number of benzene rings is 1. The maximum Gasteiger partial charge on any atom is 0.265 e. The first kappa shape index (κ1) is 18.4. The van der Waals surface area contributed by atoms with Crippen molar-refractivity contribution in [3.8, 4) is 5.75 Å². The van der Waals surface area contributed by atoms with Crippen molar-refractivity contribution in [3.63, 3.8) is 0 Å². The minimum absolute atomic E-state index is 0.0398. The number of fused-ring (bicyclic) bond motifs is 1. The van der Waals surface area contributed by atoms with Crippen LogP contribution in [0.3, 0.4) is 0 Å². The number of carbonyl (C=O) groups excluding carboxylic acids is 2. The fourth-order valence-electron chi connectivity index (χ4n) is 3.16. The second kappa shape index (κ2) is 8.33. The third-order valence-electron chi connectivity index (χ3n) is 4.66. The predicted octanol–water partition coefficient (Wildman–Crippen LogP) is 0.826. The molecule has 1 fully saturated rings. The Morgan fingerprint density at radius 2 is 2.08 bits per heavy atom. The monoisotopic (exact) mass is 358 g/mol. The third kappa shape index (κ3) is 4.62. The van der Waals surface area contributed by atoms with E-state index in [-0.39, 0.29) is 11.8 Å². The van der Waals surface area contributed by atoms with Crippen molar-refractivity contribution in [1.29, 1.82) is 0 Å². The molecule has 2 amide bonds. The fourth-order valence-corrected chi connectivity index (χ4v) is 3.16. The highest BCUT2D eigenvalue weighted by Gasteiger charge is 2.24. The molecular weight excluding hydrogens is 332 g/mol. The van der Waals surface area contributed by atoms with Gasteiger partial charge in [0.05, 0.1) is 12.2 Å². The summed E-state index contributed by atoms with van der Waals surface area (Å²) in [7, 11) is 0. The Kier molecular flexibility index (Phi) is 5.90. The van der Waals surface area contributed by atoms with Gasteiger partial charge in [0.2, 0.25) is 5.91 Å². The Balaban J connectivity index is 1.49. The normalized spacial score (nSPS) is 20.7. The molecule has 0 radical (unpaired) electrons. The number of piperazine rings is 1. The van der Waals surface area contributed by atoms with Crippen molar-refractivity contribution in [2.75, 3.05) is 44.6 Å². The van der Waals surface area contributed by atoms with Crippen LogP contribution in [0.5, 0.6) is 5.75 Å². The number of hydrogen-bond donors (Lipinski definition) is 2. The van der Waals surface area contributed by atoms with Crippen molar-refractivity contribution in [2.24, 2.45) is 0 Å². The zero-order chi connectivity index (χ0) is 18.5. The molecule has 2 aliphatic heterocycles. The molecule has 3 rings (SSSR count). The zero-order valence-electron chi connectivity index (χ0n) is 15.2. The van der Waals surface area contributed by atoms with Crippen LogP contribution in [0.25, 0.3) is 0 Å². The summed E-state index contributed by atoms with van der Waals surface area (Å²) < 4.78 is 5.59. The van der Waals surface area contributed by atoms with Crippen LogP contribution in [0.4, 0.5) is 5.69 Å². The standard InChI is InChI=1S/C19H26N4O3/c1-3-6-20-18(24)13-23-9-7-22(8-10-23)12-15-4-5-17-16(11-15)21-19(25)14(2)26-17/h3-5,11,14H,1,6-10,12-13H2,2H3,(H,20,24)(H,21,25). The fraction of sp³-hybridized carbons (Fsp3) is 0.474. The van der Waals surface area contributed by atoms with Crippen molar-refractivity contribution < 1.29 is 14.3 Å². The number of amides is 2. The lowest BCUT2D eigenvalue weighted by Crippen LogP contribution is -2.49. The van der Waals surface area contributed by atoms with Crippen molar-refractivity contribution in [3.05, 3.63) is 36.4 Å². The summed E-state index contributed by atoms with van der Waals surface area (Å²) in [6, 6.07) is 5.94. The van der Waals surface area contributed by atoms with Gasteiger partial charge in [0, 0.05) is 39.3 Å². The quantitative estimate of drug-likeness (QED) is 0.737. The van der Waals surface area contributed by atoms with Gasteiger partial charge in [-0.15, -0.1) is 6.58 Å². The molecule has 2 N–H and O–H groups in total. The molecule has 26 heavy (non-hydrogen) atoms. The lowest BCUT2D eigenvalue weighted by atomic mass is 10.1. The summed E-state index contributed by atoms with van der Waals surface area (Å²) in [5.41, 5.74) is 1.88. The molecule has 0 aliphatic carbocycles. The van der Waals surface area contributed by atoms with E-state index in [4.69, 9.17) is 4.74 Å². The van der Waals surface area contributed by atoms with E-state index in [1.165, 1.54) is 0 Å². The number of hydrogen-bond acceptors (Lipinski definition) is 5. The molecule has 0 spiro atoms. The number of carbonyl (C=O) groups is 2. The first-order chi connectivity index (χ1) is 12.5. The summed E-state index contributed by atoms with van der Waals surface area (Å²) in [6.45, 7) is 10.6. The highest BCUT2D eigenvalue weighted by Crippen LogP contribution is 2.30. The third-order valence-corrected chi connectivity index (χ3v) is 4.66. The van der Waals surface area contributed by atoms with Crippen molar-refractivity contribution in [2.45, 2.75) is 19.6 Å². The van der Waals surface area contributed by atoms with Gasteiger partial charge >= 0.3 is 0 Å². The Bertz CT molecular complexity index is 683. The largest absolute Gasteiger partial charge is 0.479 e. The number of nitrogens with one attached hydrogen (secondary N) is 2. The van der Waals surface area contributed by atoms with Crippen LogP contribution in [0.1, 0.15) is 12.5 Å². The Hall–Kier alpha value is -2.38. The average Bonchev–Trinajstić information content (AvgIpc) is 2.63. The van der Waals surface area contributed by atoms with Gasteiger partial charge in [-0.25, -0.2) is 0 Å². The molecule has 7 nitrogen and oxygen atoms in total. The van der Waals surface area contributed by atoms with Gasteiger partial charge in [0.25, 0.3) is 5.91 Å². The van der Waals surface area contributed by atoms with Gasteiger partial charge in [0.15, 0.2) is 6.10 Å². The van der Waals surface area contributed by atoms with Gasteiger partial charge in [-0.2, -0.15) is 0 Å². The highest BCUT2D eigenvalue weighted by molar-refractivity contribution is 5.97. The van der Waals surface area contributed by atoms with Gasteiger partial charge in [-0.05, 0) is 24.6 Å². The molecule has 1 aromatic rings. The molecule has 7 heteroatoms. The lowest BCUT2D eigenvalue weighted by Gasteiger charge is -2.34. The van der Waals surface area contributed by atoms with Crippen LogP contribution in [0, 0.1) is 0 Å². The summed E-state index contributed by atoms with van der Waals surface area (Å²) >= 11 is 0. The van der Waals surface area contributed by atoms with Gasteiger partial charge in [-0.1, -0.05) is 12.1 Å². The lowest BCUT2D eigenvalue weighted by molar-refractivity contribution is -0.123. The number of nitrogens with zero attached hydrogens (tertiary/aromatic N) is 2. The Morgan fingerprint density at radius 3 is 2.81 bits per heavy atom. The molecule has 0 saturated carbocycles. The topological polar surface area (TPSA) is 73.9 Å². The van der Waals surface area contributed by atoms with E-state index in [0.717, 1.165) is 49.7 Å². The SMILES string of the molecule is C=CCNC(=O)CN1CCN(Cc2ccc3c(c2)NC(=O)C(C)O3)CC1. The van der Waals surface area contributed by atoms with E-state index in [2.05, 4.69) is 27.0 Å².